The number of ketones is 1. The molecule has 0 aromatic heterocycles. The van der Waals surface area contributed by atoms with Gasteiger partial charge in [0.2, 0.25) is 12.3 Å². The Balaban J connectivity index is 2.94. The smallest absolute Gasteiger partial charge is 0.229 e. The van der Waals surface area contributed by atoms with Crippen molar-refractivity contribution >= 4 is 41.3 Å². The molecule has 86 valence electrons. The molecule has 0 aliphatic heterocycles. The molecule has 2 N–H and O–H groups in total. The number of amides is 2. The number of aliphatic hydroxyl groups is 1. The first-order chi connectivity index (χ1) is 7.40. The van der Waals surface area contributed by atoms with Crippen LogP contribution in [0.3, 0.4) is 0 Å². The lowest BCUT2D eigenvalue weighted by atomic mass is 9.93. The van der Waals surface area contributed by atoms with Crippen molar-refractivity contribution in [3.05, 3.63) is 22.2 Å². The summed E-state index contributed by atoms with van der Waals surface area (Å²) in [5, 5.41) is 11.1. The summed E-state index contributed by atoms with van der Waals surface area (Å²) in [6, 6.07) is 0. The third-order valence-electron chi connectivity index (χ3n) is 1.95. The number of rotatable bonds is 3. The van der Waals surface area contributed by atoms with Crippen LogP contribution in [-0.2, 0) is 14.4 Å². The summed E-state index contributed by atoms with van der Waals surface area (Å²) in [4.78, 5) is 32.2. The van der Waals surface area contributed by atoms with Gasteiger partial charge in [-0.1, -0.05) is 23.2 Å². The largest absolute Gasteiger partial charge is 0.379 e. The van der Waals surface area contributed by atoms with Crippen molar-refractivity contribution in [2.24, 2.45) is 0 Å². The Morgan fingerprint density at radius 1 is 1.56 bits per heavy atom. The molecular formula is C9H7Cl2NO4. The molecule has 1 atom stereocenters. The lowest BCUT2D eigenvalue weighted by Gasteiger charge is -2.26. The number of allylic oxidation sites excluding steroid dienone is 2. The van der Waals surface area contributed by atoms with Crippen LogP contribution in [0.25, 0.3) is 0 Å². The quantitative estimate of drug-likeness (QED) is 0.713. The van der Waals surface area contributed by atoms with Crippen LogP contribution in [0.2, 0.25) is 0 Å². The van der Waals surface area contributed by atoms with Crippen molar-refractivity contribution in [2.45, 2.75) is 12.0 Å². The van der Waals surface area contributed by atoms with Gasteiger partial charge in [0.15, 0.2) is 5.78 Å². The summed E-state index contributed by atoms with van der Waals surface area (Å²) in [6.07, 6.45) is 1.77. The molecule has 0 fully saturated rings. The Morgan fingerprint density at radius 3 is 2.75 bits per heavy atom. The third kappa shape index (κ3) is 2.49. The van der Waals surface area contributed by atoms with E-state index in [1.165, 1.54) is 0 Å². The number of hydrogen-bond acceptors (Lipinski definition) is 4. The van der Waals surface area contributed by atoms with Crippen molar-refractivity contribution in [2.75, 3.05) is 0 Å². The van der Waals surface area contributed by atoms with E-state index >= 15 is 0 Å². The number of carbonyl (C=O) groups is 3. The maximum atomic E-state index is 11.1. The summed E-state index contributed by atoms with van der Waals surface area (Å²) >= 11 is 11.2. The van der Waals surface area contributed by atoms with Gasteiger partial charge in [-0.2, -0.15) is 0 Å². The summed E-state index contributed by atoms with van der Waals surface area (Å²) in [5.41, 5.74) is -1.85. The van der Waals surface area contributed by atoms with E-state index in [4.69, 9.17) is 23.2 Å². The first-order valence-electron chi connectivity index (χ1n) is 4.15. The molecule has 0 aromatic rings. The minimum Gasteiger partial charge on any atom is -0.379 e. The second kappa shape index (κ2) is 4.78. The van der Waals surface area contributed by atoms with Crippen molar-refractivity contribution < 1.29 is 19.5 Å². The Labute approximate surface area is 101 Å². The number of hydrogen-bond donors (Lipinski definition) is 2. The SMILES string of the molecule is O=CNC(=O)CC1(O)C=CC(=O)C(Cl)=C1Cl. The standard InChI is InChI=1S/C9H7Cl2NO4/c10-7-5(14)1-2-9(16,8(7)11)3-6(15)12-4-13/h1-2,4,16H,3H2,(H,12,13,15). The van der Waals surface area contributed by atoms with Crippen LogP contribution in [0.15, 0.2) is 22.2 Å². The van der Waals surface area contributed by atoms with Crippen LogP contribution >= 0.6 is 23.2 Å². The molecule has 0 aromatic carbocycles. The van der Waals surface area contributed by atoms with Gasteiger partial charge in [-0.15, -0.1) is 0 Å². The van der Waals surface area contributed by atoms with Gasteiger partial charge in [0.1, 0.15) is 10.6 Å². The molecule has 1 unspecified atom stereocenters. The second-order valence-corrected chi connectivity index (χ2v) is 3.87. The first-order valence-corrected chi connectivity index (χ1v) is 4.91. The summed E-state index contributed by atoms with van der Waals surface area (Å²) < 4.78 is 0. The van der Waals surface area contributed by atoms with Crippen molar-refractivity contribution in [3.63, 3.8) is 0 Å². The fraction of sp³-hybridized carbons (Fsp3) is 0.222. The van der Waals surface area contributed by atoms with Crippen LogP contribution < -0.4 is 5.32 Å². The van der Waals surface area contributed by atoms with Crippen LogP contribution in [0.1, 0.15) is 6.42 Å². The molecule has 1 aliphatic carbocycles. The zero-order chi connectivity index (χ0) is 12.3. The molecule has 16 heavy (non-hydrogen) atoms. The van der Waals surface area contributed by atoms with Gasteiger partial charge < -0.3 is 5.11 Å². The van der Waals surface area contributed by atoms with E-state index in [9.17, 15) is 19.5 Å². The zero-order valence-corrected chi connectivity index (χ0v) is 9.38. The Kier molecular flexibility index (Phi) is 3.85. The minimum atomic E-state index is -1.85. The number of nitrogens with one attached hydrogen (secondary N) is 1. The lowest BCUT2D eigenvalue weighted by molar-refractivity contribution is -0.127. The van der Waals surface area contributed by atoms with E-state index in [2.05, 4.69) is 0 Å². The van der Waals surface area contributed by atoms with E-state index in [1.54, 1.807) is 0 Å². The molecule has 2 amide bonds. The van der Waals surface area contributed by atoms with Gasteiger partial charge in [-0.3, -0.25) is 19.7 Å². The van der Waals surface area contributed by atoms with Gasteiger partial charge in [-0.05, 0) is 12.2 Å². The first kappa shape index (κ1) is 12.9. The van der Waals surface area contributed by atoms with Gasteiger partial charge in [0.05, 0.1) is 11.5 Å². The number of imide groups is 1. The minimum absolute atomic E-state index is 0.183. The Bertz CT molecular complexity index is 416. The average Bonchev–Trinajstić information content (AvgIpc) is 2.22. The maximum absolute atomic E-state index is 11.1. The topological polar surface area (TPSA) is 83.5 Å². The molecule has 0 saturated carbocycles. The molecule has 0 bridgehead atoms. The molecule has 0 saturated heterocycles. The molecule has 5 nitrogen and oxygen atoms in total. The normalized spacial score (nSPS) is 24.6. The van der Waals surface area contributed by atoms with E-state index in [-0.39, 0.29) is 16.5 Å². The molecular weight excluding hydrogens is 257 g/mol. The fourth-order valence-electron chi connectivity index (χ4n) is 1.16. The molecule has 0 radical (unpaired) electrons. The molecule has 0 heterocycles. The van der Waals surface area contributed by atoms with Crippen molar-refractivity contribution in [1.29, 1.82) is 0 Å². The van der Waals surface area contributed by atoms with Crippen LogP contribution in [0.5, 0.6) is 0 Å². The monoisotopic (exact) mass is 263 g/mol. The average molecular weight is 264 g/mol. The predicted molar refractivity (Wildman–Crippen MR) is 56.7 cm³/mol. The van der Waals surface area contributed by atoms with Gasteiger partial charge in [0.25, 0.3) is 0 Å². The highest BCUT2D eigenvalue weighted by atomic mass is 35.5. The molecule has 7 heteroatoms. The van der Waals surface area contributed by atoms with Gasteiger partial charge >= 0.3 is 0 Å². The highest BCUT2D eigenvalue weighted by molar-refractivity contribution is 6.50. The van der Waals surface area contributed by atoms with E-state index in [0.717, 1.165) is 12.2 Å². The summed E-state index contributed by atoms with van der Waals surface area (Å²) in [5.74, 6) is -1.29. The molecule has 1 aliphatic rings. The zero-order valence-electron chi connectivity index (χ0n) is 7.87. The second-order valence-electron chi connectivity index (χ2n) is 3.11. The fourth-order valence-corrected chi connectivity index (χ4v) is 1.61. The highest BCUT2D eigenvalue weighted by Crippen LogP contribution is 2.34. The highest BCUT2D eigenvalue weighted by Gasteiger charge is 2.37. The van der Waals surface area contributed by atoms with E-state index in [0.29, 0.717) is 0 Å². The number of halogens is 2. The summed E-state index contributed by atoms with van der Waals surface area (Å²) in [6.45, 7) is 0. The van der Waals surface area contributed by atoms with Crippen molar-refractivity contribution in [3.8, 4) is 0 Å². The van der Waals surface area contributed by atoms with Gasteiger partial charge in [-0.25, -0.2) is 0 Å². The van der Waals surface area contributed by atoms with E-state index in [1.807, 2.05) is 5.32 Å². The number of carbonyl (C=O) groups excluding carboxylic acids is 3. The Hall–Kier alpha value is -1.17. The molecule has 0 spiro atoms. The third-order valence-corrected chi connectivity index (χ3v) is 2.94. The summed E-state index contributed by atoms with van der Waals surface area (Å²) in [7, 11) is 0. The van der Waals surface area contributed by atoms with Crippen LogP contribution in [-0.4, -0.2) is 28.8 Å². The maximum Gasteiger partial charge on any atom is 0.229 e. The van der Waals surface area contributed by atoms with Crippen LogP contribution in [0, 0.1) is 0 Å². The van der Waals surface area contributed by atoms with Crippen LogP contribution in [0.4, 0.5) is 0 Å². The predicted octanol–water partition coefficient (Wildman–Crippen LogP) is 0.208. The lowest BCUT2D eigenvalue weighted by Crippen LogP contribution is -2.37. The van der Waals surface area contributed by atoms with Crippen molar-refractivity contribution in [1.82, 2.24) is 5.32 Å². The van der Waals surface area contributed by atoms with Gasteiger partial charge in [0, 0.05) is 0 Å². The Morgan fingerprint density at radius 2 is 2.19 bits per heavy atom. The molecule has 1 rings (SSSR count). The van der Waals surface area contributed by atoms with E-state index < -0.39 is 23.7 Å².